The lowest BCUT2D eigenvalue weighted by molar-refractivity contribution is 0.254. The van der Waals surface area contributed by atoms with Gasteiger partial charge in [-0.3, -0.25) is 30.4 Å². The van der Waals surface area contributed by atoms with Gasteiger partial charge in [0.05, 0.1) is 55.8 Å². The highest BCUT2D eigenvalue weighted by Gasteiger charge is 2.41. The molecule has 62 heavy (non-hydrogen) atoms. The lowest BCUT2D eigenvalue weighted by Gasteiger charge is -2.35. The first-order chi connectivity index (χ1) is 30.2. The van der Waals surface area contributed by atoms with Gasteiger partial charge in [0.1, 0.15) is 5.15 Å². The van der Waals surface area contributed by atoms with E-state index < -0.39 is 7.12 Å². The first kappa shape index (κ1) is 41.4. The number of nitrogens with one attached hydrogen (secondary N) is 2. The molecule has 0 saturated carbocycles. The maximum Gasteiger partial charge on any atom is 0.491 e. The molecule has 0 aromatic carbocycles. The van der Waals surface area contributed by atoms with Crippen LogP contribution in [0, 0.1) is 0 Å². The van der Waals surface area contributed by atoms with Gasteiger partial charge in [-0.15, -0.1) is 0 Å². The molecule has 4 bridgehead atoms. The van der Waals surface area contributed by atoms with Crippen molar-refractivity contribution in [3.05, 3.63) is 91.4 Å². The van der Waals surface area contributed by atoms with Crippen molar-refractivity contribution in [3.8, 4) is 23.3 Å². The number of ether oxygens (including phenoxy) is 2. The molecule has 4 aliphatic rings. The Hall–Kier alpha value is -7.37. The number of anilines is 6. The minimum Gasteiger partial charge on any atom is -0.467 e. The fourth-order valence-electron chi connectivity index (χ4n) is 7.27. The van der Waals surface area contributed by atoms with Gasteiger partial charge in [-0.2, -0.15) is 0 Å². The smallest absolute Gasteiger partial charge is 0.467 e. The van der Waals surface area contributed by atoms with E-state index in [1.807, 2.05) is 18.2 Å². The van der Waals surface area contributed by atoms with Crippen LogP contribution in [0.4, 0.5) is 44.2 Å². The summed E-state index contributed by atoms with van der Waals surface area (Å²) in [5.41, 5.74) is 3.55. The van der Waals surface area contributed by atoms with Crippen LogP contribution in [-0.2, 0) is 0 Å². The van der Waals surface area contributed by atoms with Gasteiger partial charge in [-0.05, 0) is 37.1 Å². The normalized spacial score (nSPS) is 16.4. The molecule has 2 fully saturated rings. The zero-order chi connectivity index (χ0) is 43.2. The first-order valence-electron chi connectivity index (χ1n) is 19.2. The zero-order valence-corrected chi connectivity index (χ0v) is 34.0. The topological polar surface area (TPSA) is 259 Å². The van der Waals surface area contributed by atoms with Crippen molar-refractivity contribution in [2.45, 2.75) is 24.9 Å². The lowest BCUT2D eigenvalue weighted by atomic mass is 9.83. The van der Waals surface area contributed by atoms with E-state index in [1.165, 1.54) is 51.4 Å². The number of rotatable bonds is 6. The average Bonchev–Trinajstić information content (AvgIpc) is 3.92. The zero-order valence-electron chi connectivity index (χ0n) is 33.2. The van der Waals surface area contributed by atoms with E-state index >= 15 is 0 Å². The molecule has 6 aromatic rings. The number of amides is 4. The summed E-state index contributed by atoms with van der Waals surface area (Å²) in [4.78, 5) is 74.6. The molecular formula is C38H38BClN16O6. The molecule has 0 radical (unpaired) electrons. The van der Waals surface area contributed by atoms with Gasteiger partial charge in [-0.1, -0.05) is 11.6 Å². The Bertz CT molecular complexity index is 2500. The molecular weight excluding hydrogens is 823 g/mol. The SMILES string of the molecule is COc1ncc(-c2ccc3c(n2)N(C(=O)Nc2cnccn2)[C@H]2CCN3C2)cn1.COc1ncc(B(O)O)cn1.O=C(Nc1cnccn1)N1c2nc(Cl)ccc2N2CC[C@H]1C2. The van der Waals surface area contributed by atoms with Crippen molar-refractivity contribution in [2.24, 2.45) is 0 Å². The molecule has 0 spiro atoms. The van der Waals surface area contributed by atoms with Crippen LogP contribution in [0.2, 0.25) is 5.15 Å². The molecule has 316 valence electrons. The summed E-state index contributed by atoms with van der Waals surface area (Å²) in [5.74, 6) is 2.03. The summed E-state index contributed by atoms with van der Waals surface area (Å²) in [7, 11) is 1.43. The standard InChI is InChI=1S/C19H18N8O2.C14H13ClN6O.C5H7BN2O3/c1-29-18-22-8-12(9-23-18)14-2-3-15-17(24-14)27(13-4-7-26(15)11-13)19(28)25-16-10-20-5-6-21-16;15-11-2-1-10-13(18-11)21(9-3-6-20(10)8-9)14(22)19-12-7-16-4-5-17-12;1-11-5-7-2-4(3-8-5)6(9)10/h2-3,5-6,8-10,13H,4,7,11H2,1H3,(H,21,25,28);1-2,4-5,7,9H,3,6,8H2,(H,17,19,22);2-3,9-10H,1H3/t13-;9-;/m00./s1. The molecule has 22 nitrogen and oxygen atoms in total. The van der Waals surface area contributed by atoms with Crippen LogP contribution < -0.4 is 45.2 Å². The summed E-state index contributed by atoms with van der Waals surface area (Å²) in [6.07, 6.45) is 16.9. The second kappa shape index (κ2) is 18.5. The van der Waals surface area contributed by atoms with Gasteiger partial charge in [0, 0.05) is 86.8 Å². The van der Waals surface area contributed by atoms with Crippen LogP contribution in [0.5, 0.6) is 12.0 Å². The maximum absolute atomic E-state index is 13.1. The van der Waals surface area contributed by atoms with Crippen LogP contribution in [0.1, 0.15) is 12.8 Å². The molecule has 2 atom stereocenters. The molecule has 4 aliphatic heterocycles. The van der Waals surface area contributed by atoms with Crippen LogP contribution in [-0.4, -0.2) is 132 Å². The van der Waals surface area contributed by atoms with E-state index in [0.717, 1.165) is 56.0 Å². The van der Waals surface area contributed by atoms with Crippen molar-refractivity contribution >= 4 is 70.9 Å². The van der Waals surface area contributed by atoms with Crippen LogP contribution >= 0.6 is 11.6 Å². The Morgan fingerprint density at radius 1 is 0.677 bits per heavy atom. The highest BCUT2D eigenvalue weighted by Crippen LogP contribution is 2.41. The van der Waals surface area contributed by atoms with Gasteiger partial charge in [0.15, 0.2) is 23.3 Å². The van der Waals surface area contributed by atoms with Gasteiger partial charge < -0.3 is 29.3 Å². The van der Waals surface area contributed by atoms with Crippen LogP contribution in [0.3, 0.4) is 0 Å². The fraction of sp³-hybridized carbons (Fsp3) is 0.263. The second-order valence-corrected chi connectivity index (χ2v) is 14.3. The fourth-order valence-corrected chi connectivity index (χ4v) is 7.41. The van der Waals surface area contributed by atoms with Gasteiger partial charge in [0.2, 0.25) is 0 Å². The van der Waals surface area contributed by atoms with Crippen molar-refractivity contribution in [2.75, 3.05) is 70.6 Å². The highest BCUT2D eigenvalue weighted by molar-refractivity contribution is 6.58. The van der Waals surface area contributed by atoms with Crippen LogP contribution in [0.25, 0.3) is 11.3 Å². The molecule has 24 heteroatoms. The number of urea groups is 2. The molecule has 6 aromatic heterocycles. The summed E-state index contributed by atoms with van der Waals surface area (Å²) < 4.78 is 9.68. The number of pyridine rings is 2. The third-order valence-corrected chi connectivity index (χ3v) is 10.3. The van der Waals surface area contributed by atoms with E-state index in [-0.39, 0.29) is 35.6 Å². The van der Waals surface area contributed by atoms with Gasteiger partial charge >= 0.3 is 31.2 Å². The minimum absolute atomic E-state index is 0.0500. The summed E-state index contributed by atoms with van der Waals surface area (Å²) in [6, 6.07) is 7.68. The Morgan fingerprint density at radius 3 is 1.66 bits per heavy atom. The molecule has 0 unspecified atom stereocenters. The molecule has 2 saturated heterocycles. The lowest BCUT2D eigenvalue weighted by Crippen LogP contribution is -2.48. The number of hydrogen-bond donors (Lipinski definition) is 4. The van der Waals surface area contributed by atoms with E-state index in [1.54, 1.807) is 40.7 Å². The monoisotopic (exact) mass is 860 g/mol. The predicted octanol–water partition coefficient (Wildman–Crippen LogP) is 2.29. The van der Waals surface area contributed by atoms with Crippen molar-refractivity contribution in [1.82, 2.24) is 49.8 Å². The number of fused-ring (bicyclic) bond motifs is 8. The highest BCUT2D eigenvalue weighted by atomic mass is 35.5. The number of methoxy groups -OCH3 is 2. The van der Waals surface area contributed by atoms with Crippen LogP contribution in [0.15, 0.2) is 86.2 Å². The summed E-state index contributed by atoms with van der Waals surface area (Å²) >= 11 is 6.01. The molecule has 10 heterocycles. The third kappa shape index (κ3) is 9.03. The third-order valence-electron chi connectivity index (χ3n) is 10.1. The first-order valence-corrected chi connectivity index (χ1v) is 19.5. The van der Waals surface area contributed by atoms with E-state index in [9.17, 15) is 9.59 Å². The van der Waals surface area contributed by atoms with E-state index in [2.05, 4.69) is 70.0 Å². The predicted molar refractivity (Wildman–Crippen MR) is 228 cm³/mol. The minimum atomic E-state index is -1.53. The second-order valence-electron chi connectivity index (χ2n) is 13.9. The van der Waals surface area contributed by atoms with Crippen molar-refractivity contribution in [3.63, 3.8) is 0 Å². The van der Waals surface area contributed by atoms with Gasteiger partial charge in [-0.25, -0.2) is 49.5 Å². The quantitative estimate of drug-likeness (QED) is 0.138. The molecule has 4 amide bonds. The number of halogens is 1. The Morgan fingerprint density at radius 2 is 1.18 bits per heavy atom. The number of carbonyl (C=O) groups excluding carboxylic acids is 2. The van der Waals surface area contributed by atoms with Crippen molar-refractivity contribution in [1.29, 1.82) is 0 Å². The number of carbonyl (C=O) groups is 2. The van der Waals surface area contributed by atoms with E-state index in [0.29, 0.717) is 40.1 Å². The molecule has 10 rings (SSSR count). The summed E-state index contributed by atoms with van der Waals surface area (Å²) in [5, 5.41) is 23.2. The Labute approximate surface area is 359 Å². The van der Waals surface area contributed by atoms with E-state index in [4.69, 9.17) is 31.4 Å². The number of aromatic nitrogens is 10. The Balaban J connectivity index is 0.000000141. The summed E-state index contributed by atoms with van der Waals surface area (Å²) in [6.45, 7) is 3.40. The Kier molecular flexibility index (Phi) is 12.3. The molecule has 4 N–H and O–H groups in total. The number of nitrogens with zero attached hydrogens (tertiary/aromatic N) is 14. The van der Waals surface area contributed by atoms with Crippen molar-refractivity contribution < 1.29 is 29.1 Å². The number of hydrogen-bond acceptors (Lipinski definition) is 18. The van der Waals surface area contributed by atoms with Gasteiger partial charge in [0.25, 0.3) is 0 Å². The molecule has 0 aliphatic carbocycles. The average molecular weight is 861 g/mol. The maximum atomic E-state index is 13.1. The largest absolute Gasteiger partial charge is 0.491 e.